The van der Waals surface area contributed by atoms with Gasteiger partial charge in [0.1, 0.15) is 17.5 Å². The minimum Gasteiger partial charge on any atom is -0.481 e. The van der Waals surface area contributed by atoms with Crippen molar-refractivity contribution >= 4 is 52.4 Å². The predicted octanol–water partition coefficient (Wildman–Crippen LogP) is 2.70. The molecule has 222 valence electrons. The summed E-state index contributed by atoms with van der Waals surface area (Å²) in [5, 5.41) is 22.1. The first kappa shape index (κ1) is 31.4. The van der Waals surface area contributed by atoms with E-state index in [1.54, 1.807) is 26.0 Å². The van der Waals surface area contributed by atoms with E-state index in [9.17, 15) is 34.2 Å². The highest BCUT2D eigenvalue weighted by atomic mass is 35.5. The van der Waals surface area contributed by atoms with Crippen LogP contribution in [-0.4, -0.2) is 99.3 Å². The summed E-state index contributed by atoms with van der Waals surface area (Å²) in [6.07, 6.45) is -1.06. The Morgan fingerprint density at radius 1 is 1.07 bits per heavy atom. The second-order valence-electron chi connectivity index (χ2n) is 10.0. The van der Waals surface area contributed by atoms with E-state index in [-0.39, 0.29) is 57.1 Å². The molecule has 1 atom stereocenters. The summed E-state index contributed by atoms with van der Waals surface area (Å²) in [6, 6.07) is 3.23. The normalized spacial score (nSPS) is 14.4. The molecule has 1 aromatic carbocycles. The van der Waals surface area contributed by atoms with Crippen molar-refractivity contribution in [1.82, 2.24) is 20.1 Å². The third-order valence-electron chi connectivity index (χ3n) is 6.53. The largest absolute Gasteiger partial charge is 0.481 e. The van der Waals surface area contributed by atoms with E-state index in [4.69, 9.17) is 21.1 Å². The SMILES string of the molecule is CCOC(=O)N1CCN(C(=O)C(CCC(=O)O)NC(=O)c2cc(OC(C)(C)C(=O)O)c3cc(Cl)c(C)cc3n2)CC1. The highest BCUT2D eigenvalue weighted by Gasteiger charge is 2.33. The molecule has 3 N–H and O–H groups in total. The molecule has 14 heteroatoms. The smallest absolute Gasteiger partial charge is 0.409 e. The van der Waals surface area contributed by atoms with E-state index in [1.165, 1.54) is 29.7 Å². The number of aryl methyl sites for hydroxylation is 1. The lowest BCUT2D eigenvalue weighted by molar-refractivity contribution is -0.152. The number of carbonyl (C=O) groups excluding carboxylic acids is 3. The molecule has 3 amide bonds. The molecule has 41 heavy (non-hydrogen) atoms. The average molecular weight is 593 g/mol. The van der Waals surface area contributed by atoms with E-state index >= 15 is 0 Å². The number of piperazine rings is 1. The first-order valence-electron chi connectivity index (χ1n) is 13.0. The van der Waals surface area contributed by atoms with Crippen LogP contribution in [0.3, 0.4) is 0 Å². The van der Waals surface area contributed by atoms with Gasteiger partial charge in [0.25, 0.3) is 5.91 Å². The molecule has 1 fully saturated rings. The van der Waals surface area contributed by atoms with Crippen molar-refractivity contribution in [2.24, 2.45) is 0 Å². The number of aliphatic carboxylic acids is 2. The summed E-state index contributed by atoms with van der Waals surface area (Å²) in [5.74, 6) is -3.64. The van der Waals surface area contributed by atoms with Crippen molar-refractivity contribution in [3.63, 3.8) is 0 Å². The van der Waals surface area contributed by atoms with Crippen LogP contribution in [0, 0.1) is 6.92 Å². The monoisotopic (exact) mass is 592 g/mol. The lowest BCUT2D eigenvalue weighted by Gasteiger charge is -2.35. The Bertz CT molecular complexity index is 1360. The van der Waals surface area contributed by atoms with Gasteiger partial charge in [0, 0.05) is 49.1 Å². The fourth-order valence-electron chi connectivity index (χ4n) is 4.14. The molecule has 13 nitrogen and oxygen atoms in total. The second-order valence-corrected chi connectivity index (χ2v) is 10.4. The Hall–Kier alpha value is -4.13. The Balaban J connectivity index is 1.89. The molecular formula is C27H33ClN4O9. The number of hydrogen-bond acceptors (Lipinski definition) is 8. The minimum atomic E-state index is -1.66. The van der Waals surface area contributed by atoms with E-state index in [2.05, 4.69) is 10.3 Å². The van der Waals surface area contributed by atoms with Crippen molar-refractivity contribution in [2.45, 2.75) is 52.2 Å². The number of fused-ring (bicyclic) bond motifs is 1. The number of carboxylic acids is 2. The zero-order chi connectivity index (χ0) is 30.5. The number of hydrogen-bond donors (Lipinski definition) is 3. The van der Waals surface area contributed by atoms with Crippen molar-refractivity contribution in [3.8, 4) is 5.75 Å². The zero-order valence-corrected chi connectivity index (χ0v) is 24.0. The summed E-state index contributed by atoms with van der Waals surface area (Å²) in [6.45, 7) is 7.13. The number of ether oxygens (including phenoxy) is 2. The van der Waals surface area contributed by atoms with E-state index in [1.807, 2.05) is 0 Å². The van der Waals surface area contributed by atoms with Crippen LogP contribution in [-0.2, 0) is 19.1 Å². The summed E-state index contributed by atoms with van der Waals surface area (Å²) in [4.78, 5) is 69.1. The topological polar surface area (TPSA) is 176 Å². The summed E-state index contributed by atoms with van der Waals surface area (Å²) in [7, 11) is 0. The molecule has 1 aromatic heterocycles. The van der Waals surface area contributed by atoms with Gasteiger partial charge in [-0.15, -0.1) is 0 Å². The molecule has 0 bridgehead atoms. The third kappa shape index (κ3) is 7.75. The summed E-state index contributed by atoms with van der Waals surface area (Å²) in [5.41, 5.74) is -0.871. The van der Waals surface area contributed by atoms with Gasteiger partial charge in [0.15, 0.2) is 5.60 Å². The molecule has 0 aliphatic carbocycles. The van der Waals surface area contributed by atoms with Crippen molar-refractivity contribution < 1.29 is 43.7 Å². The number of pyridine rings is 1. The number of carbonyl (C=O) groups is 5. The predicted molar refractivity (Wildman–Crippen MR) is 147 cm³/mol. The van der Waals surface area contributed by atoms with Crippen LogP contribution < -0.4 is 10.1 Å². The summed E-state index contributed by atoms with van der Waals surface area (Å²) >= 11 is 6.28. The van der Waals surface area contributed by atoms with Gasteiger partial charge in [0.2, 0.25) is 5.91 Å². The van der Waals surface area contributed by atoms with Gasteiger partial charge in [-0.3, -0.25) is 14.4 Å². The Morgan fingerprint density at radius 3 is 2.29 bits per heavy atom. The number of nitrogens with zero attached hydrogens (tertiary/aromatic N) is 3. The molecule has 2 heterocycles. The van der Waals surface area contributed by atoms with E-state index in [0.717, 1.165) is 0 Å². The van der Waals surface area contributed by atoms with Gasteiger partial charge in [-0.05, 0) is 51.8 Å². The summed E-state index contributed by atoms with van der Waals surface area (Å²) < 4.78 is 10.8. The maximum atomic E-state index is 13.4. The number of benzene rings is 1. The minimum absolute atomic E-state index is 0.0398. The quantitative estimate of drug-likeness (QED) is 0.372. The van der Waals surface area contributed by atoms with Gasteiger partial charge in [-0.1, -0.05) is 11.6 Å². The number of halogens is 1. The molecule has 0 saturated carbocycles. The van der Waals surface area contributed by atoms with Crippen LogP contribution in [0.1, 0.15) is 49.7 Å². The van der Waals surface area contributed by atoms with Gasteiger partial charge in [-0.25, -0.2) is 14.6 Å². The molecule has 0 radical (unpaired) electrons. The molecule has 1 unspecified atom stereocenters. The molecule has 3 rings (SSSR count). The van der Waals surface area contributed by atoms with Gasteiger partial charge in [-0.2, -0.15) is 0 Å². The molecule has 2 aromatic rings. The number of nitrogens with one attached hydrogen (secondary N) is 1. The van der Waals surface area contributed by atoms with Crippen LogP contribution in [0.5, 0.6) is 5.75 Å². The van der Waals surface area contributed by atoms with Crippen molar-refractivity contribution in [1.29, 1.82) is 0 Å². The highest BCUT2D eigenvalue weighted by Crippen LogP contribution is 2.32. The number of carboxylic acid groups (broad SMARTS) is 2. The maximum absolute atomic E-state index is 13.4. The molecule has 1 saturated heterocycles. The Kier molecular flexibility index (Phi) is 9.97. The zero-order valence-electron chi connectivity index (χ0n) is 23.2. The van der Waals surface area contributed by atoms with E-state index in [0.29, 0.717) is 21.5 Å². The molecule has 1 aliphatic heterocycles. The molecule has 0 spiro atoms. The fourth-order valence-corrected chi connectivity index (χ4v) is 4.31. The second kappa shape index (κ2) is 13.0. The fraction of sp³-hybridized carbons (Fsp3) is 0.481. The van der Waals surface area contributed by atoms with Crippen LogP contribution >= 0.6 is 11.6 Å². The van der Waals surface area contributed by atoms with Crippen LogP contribution in [0.25, 0.3) is 10.9 Å². The Morgan fingerprint density at radius 2 is 1.71 bits per heavy atom. The lowest BCUT2D eigenvalue weighted by atomic mass is 10.1. The van der Waals surface area contributed by atoms with Crippen molar-refractivity contribution in [2.75, 3.05) is 32.8 Å². The Labute approximate surface area is 241 Å². The average Bonchev–Trinajstić information content (AvgIpc) is 2.91. The standard InChI is InChI=1S/C27H33ClN4O9/c1-5-40-26(39)32-10-8-31(9-11-32)24(36)18(6-7-22(33)34)30-23(35)20-14-21(41-27(3,4)25(37)38)16-13-17(28)15(2)12-19(16)29-20/h12-14,18H,5-11H2,1-4H3,(H,30,35)(H,33,34)(H,37,38). The van der Waals surface area contributed by atoms with Crippen LogP contribution in [0.15, 0.2) is 18.2 Å². The number of aromatic nitrogens is 1. The molecular weight excluding hydrogens is 560 g/mol. The third-order valence-corrected chi connectivity index (χ3v) is 6.94. The number of amides is 3. The number of rotatable bonds is 10. The van der Waals surface area contributed by atoms with Crippen LogP contribution in [0.2, 0.25) is 5.02 Å². The first-order valence-corrected chi connectivity index (χ1v) is 13.4. The van der Waals surface area contributed by atoms with Gasteiger partial charge >= 0.3 is 18.0 Å². The van der Waals surface area contributed by atoms with Crippen molar-refractivity contribution in [3.05, 3.63) is 34.5 Å². The lowest BCUT2D eigenvalue weighted by Crippen LogP contribution is -2.56. The first-order chi connectivity index (χ1) is 19.2. The maximum Gasteiger partial charge on any atom is 0.409 e. The van der Waals surface area contributed by atoms with Gasteiger partial charge < -0.3 is 34.8 Å². The van der Waals surface area contributed by atoms with Crippen LogP contribution in [0.4, 0.5) is 4.79 Å². The highest BCUT2D eigenvalue weighted by molar-refractivity contribution is 6.32. The van der Waals surface area contributed by atoms with Gasteiger partial charge in [0.05, 0.1) is 12.1 Å². The van der Waals surface area contributed by atoms with E-state index < -0.39 is 41.5 Å². The molecule has 1 aliphatic rings.